The SMILES string of the molecule is C#CC[C@@H]1C[C@]1(O)C1=CCCC1. The van der Waals surface area contributed by atoms with Crippen molar-refractivity contribution >= 4 is 0 Å². The maximum atomic E-state index is 10.1. The van der Waals surface area contributed by atoms with E-state index in [4.69, 9.17) is 6.42 Å². The van der Waals surface area contributed by atoms with Gasteiger partial charge in [-0.25, -0.2) is 0 Å². The Morgan fingerprint density at radius 3 is 3.17 bits per heavy atom. The van der Waals surface area contributed by atoms with Crippen molar-refractivity contribution < 1.29 is 5.11 Å². The van der Waals surface area contributed by atoms with Gasteiger partial charge in [0.1, 0.15) is 0 Å². The van der Waals surface area contributed by atoms with Crippen molar-refractivity contribution in [2.24, 2.45) is 5.92 Å². The summed E-state index contributed by atoms with van der Waals surface area (Å²) in [7, 11) is 0. The van der Waals surface area contributed by atoms with Gasteiger partial charge >= 0.3 is 0 Å². The summed E-state index contributed by atoms with van der Waals surface area (Å²) in [6.45, 7) is 0. The zero-order valence-corrected chi connectivity index (χ0v) is 7.21. The molecule has 0 aromatic heterocycles. The van der Waals surface area contributed by atoms with Crippen molar-refractivity contribution in [1.29, 1.82) is 0 Å². The highest BCUT2D eigenvalue weighted by Gasteiger charge is 2.54. The Kier molecular flexibility index (Phi) is 1.73. The van der Waals surface area contributed by atoms with E-state index in [1.807, 2.05) is 0 Å². The van der Waals surface area contributed by atoms with Gasteiger partial charge in [-0.3, -0.25) is 0 Å². The Morgan fingerprint density at radius 1 is 1.75 bits per heavy atom. The molecule has 12 heavy (non-hydrogen) atoms. The van der Waals surface area contributed by atoms with E-state index in [0.29, 0.717) is 5.92 Å². The summed E-state index contributed by atoms with van der Waals surface area (Å²) in [5, 5.41) is 10.1. The van der Waals surface area contributed by atoms with E-state index in [2.05, 4.69) is 12.0 Å². The van der Waals surface area contributed by atoms with Gasteiger partial charge in [-0.1, -0.05) is 6.08 Å². The van der Waals surface area contributed by atoms with Crippen molar-refractivity contribution in [2.75, 3.05) is 0 Å². The van der Waals surface area contributed by atoms with Gasteiger partial charge in [0.15, 0.2) is 0 Å². The minimum atomic E-state index is -0.483. The number of terminal acetylenes is 1. The molecule has 0 unspecified atom stereocenters. The van der Waals surface area contributed by atoms with Crippen LogP contribution in [0.3, 0.4) is 0 Å². The summed E-state index contributed by atoms with van der Waals surface area (Å²) < 4.78 is 0. The first-order valence-electron chi connectivity index (χ1n) is 4.63. The Labute approximate surface area is 73.5 Å². The molecule has 0 spiro atoms. The van der Waals surface area contributed by atoms with Gasteiger partial charge in [-0.05, 0) is 31.3 Å². The largest absolute Gasteiger partial charge is 0.385 e. The average Bonchev–Trinajstić information content (AvgIpc) is 2.57. The molecule has 2 aliphatic carbocycles. The summed E-state index contributed by atoms with van der Waals surface area (Å²) in [4.78, 5) is 0. The third-order valence-corrected chi connectivity index (χ3v) is 3.03. The molecular formula is C11H14O. The molecule has 1 fully saturated rings. The first kappa shape index (κ1) is 7.89. The van der Waals surface area contributed by atoms with Crippen LogP contribution in [0.15, 0.2) is 11.6 Å². The van der Waals surface area contributed by atoms with Gasteiger partial charge in [0.05, 0.1) is 5.60 Å². The molecule has 2 atom stereocenters. The van der Waals surface area contributed by atoms with Crippen LogP contribution in [0.5, 0.6) is 0 Å². The van der Waals surface area contributed by atoms with E-state index in [1.165, 1.54) is 12.0 Å². The minimum Gasteiger partial charge on any atom is -0.385 e. The van der Waals surface area contributed by atoms with E-state index < -0.39 is 5.60 Å². The fraction of sp³-hybridized carbons (Fsp3) is 0.636. The average molecular weight is 162 g/mol. The highest BCUT2D eigenvalue weighted by Crippen LogP contribution is 2.53. The molecule has 64 valence electrons. The Bertz CT molecular complexity index is 259. The van der Waals surface area contributed by atoms with E-state index >= 15 is 0 Å². The lowest BCUT2D eigenvalue weighted by molar-refractivity contribution is 0.167. The second-order valence-electron chi connectivity index (χ2n) is 3.86. The van der Waals surface area contributed by atoms with Gasteiger partial charge in [0, 0.05) is 12.3 Å². The number of allylic oxidation sites excluding steroid dienone is 1. The maximum absolute atomic E-state index is 10.1. The van der Waals surface area contributed by atoms with E-state index in [0.717, 1.165) is 25.7 Å². The van der Waals surface area contributed by atoms with Crippen molar-refractivity contribution in [3.63, 3.8) is 0 Å². The van der Waals surface area contributed by atoms with Gasteiger partial charge in [-0.2, -0.15) is 0 Å². The Morgan fingerprint density at radius 2 is 2.58 bits per heavy atom. The van der Waals surface area contributed by atoms with E-state index in [-0.39, 0.29) is 0 Å². The minimum absolute atomic E-state index is 0.354. The zero-order chi connectivity index (χ0) is 8.60. The quantitative estimate of drug-likeness (QED) is 0.485. The summed E-state index contributed by atoms with van der Waals surface area (Å²) >= 11 is 0. The molecule has 0 heterocycles. The van der Waals surface area contributed by atoms with Crippen LogP contribution < -0.4 is 0 Å². The Balaban J connectivity index is 2.02. The van der Waals surface area contributed by atoms with Crippen LogP contribution in [0, 0.1) is 18.3 Å². The lowest BCUT2D eigenvalue weighted by Gasteiger charge is -2.10. The highest BCUT2D eigenvalue weighted by molar-refractivity contribution is 5.31. The predicted molar refractivity (Wildman–Crippen MR) is 48.4 cm³/mol. The fourth-order valence-corrected chi connectivity index (χ4v) is 2.16. The third-order valence-electron chi connectivity index (χ3n) is 3.03. The number of rotatable bonds is 2. The predicted octanol–water partition coefficient (Wildman–Crippen LogP) is 1.87. The molecule has 0 radical (unpaired) electrons. The summed E-state index contributed by atoms with van der Waals surface area (Å²) in [6, 6.07) is 0. The van der Waals surface area contributed by atoms with E-state index in [1.54, 1.807) is 0 Å². The monoisotopic (exact) mass is 162 g/mol. The van der Waals surface area contributed by atoms with Crippen LogP contribution >= 0.6 is 0 Å². The van der Waals surface area contributed by atoms with Crippen LogP contribution in [0.4, 0.5) is 0 Å². The highest BCUT2D eigenvalue weighted by atomic mass is 16.3. The maximum Gasteiger partial charge on any atom is 0.0899 e. The number of hydrogen-bond donors (Lipinski definition) is 1. The molecule has 1 nitrogen and oxygen atoms in total. The van der Waals surface area contributed by atoms with Crippen molar-refractivity contribution in [2.45, 2.75) is 37.7 Å². The van der Waals surface area contributed by atoms with Crippen LogP contribution in [0.1, 0.15) is 32.1 Å². The molecule has 1 N–H and O–H groups in total. The second kappa shape index (κ2) is 2.64. The Hall–Kier alpha value is -0.740. The molecule has 0 aliphatic heterocycles. The van der Waals surface area contributed by atoms with E-state index in [9.17, 15) is 5.11 Å². The molecule has 0 amide bonds. The summed E-state index contributed by atoms with van der Waals surface area (Å²) in [5.41, 5.74) is 0.769. The molecule has 1 saturated carbocycles. The molecule has 2 aliphatic rings. The van der Waals surface area contributed by atoms with Crippen molar-refractivity contribution in [1.82, 2.24) is 0 Å². The first-order valence-corrected chi connectivity index (χ1v) is 4.63. The van der Waals surface area contributed by atoms with Crippen LogP contribution in [0.25, 0.3) is 0 Å². The standard InChI is InChI=1S/C11H14O/c1-2-5-10-8-11(10,12)9-6-3-4-7-9/h1,6,10,12H,3-5,7-8H2/t10-,11+/m1/s1. The first-order chi connectivity index (χ1) is 5.77. The van der Waals surface area contributed by atoms with Gasteiger partial charge in [0.25, 0.3) is 0 Å². The third kappa shape index (κ3) is 1.07. The van der Waals surface area contributed by atoms with Crippen LogP contribution in [-0.4, -0.2) is 10.7 Å². The van der Waals surface area contributed by atoms with Crippen LogP contribution in [-0.2, 0) is 0 Å². The fourth-order valence-electron chi connectivity index (χ4n) is 2.16. The molecule has 0 aromatic carbocycles. The smallest absolute Gasteiger partial charge is 0.0899 e. The van der Waals surface area contributed by atoms with Gasteiger partial charge in [0.2, 0.25) is 0 Å². The van der Waals surface area contributed by atoms with Gasteiger partial charge in [-0.15, -0.1) is 12.3 Å². The molecule has 0 aromatic rings. The van der Waals surface area contributed by atoms with Crippen LogP contribution in [0.2, 0.25) is 0 Å². The molecule has 0 saturated heterocycles. The second-order valence-corrected chi connectivity index (χ2v) is 3.86. The number of hydrogen-bond acceptors (Lipinski definition) is 1. The summed E-state index contributed by atoms with van der Waals surface area (Å²) in [6.07, 6.45) is 12.5. The molecule has 1 heteroatoms. The topological polar surface area (TPSA) is 20.2 Å². The summed E-state index contributed by atoms with van der Waals surface area (Å²) in [5.74, 6) is 2.97. The van der Waals surface area contributed by atoms with Crippen molar-refractivity contribution in [3.8, 4) is 12.3 Å². The lowest BCUT2D eigenvalue weighted by atomic mass is 10.0. The number of aliphatic hydroxyl groups is 1. The molecular weight excluding hydrogens is 148 g/mol. The zero-order valence-electron chi connectivity index (χ0n) is 7.21. The normalized spacial score (nSPS) is 39.0. The molecule has 2 rings (SSSR count). The van der Waals surface area contributed by atoms with Crippen molar-refractivity contribution in [3.05, 3.63) is 11.6 Å². The lowest BCUT2D eigenvalue weighted by Crippen LogP contribution is -2.13. The van der Waals surface area contributed by atoms with Gasteiger partial charge < -0.3 is 5.11 Å². The molecule has 0 bridgehead atoms.